The van der Waals surface area contributed by atoms with Crippen molar-refractivity contribution < 1.29 is 13.7 Å². The highest BCUT2D eigenvalue weighted by molar-refractivity contribution is 5.76. The Kier molecular flexibility index (Phi) is 4.42. The molecule has 0 aromatic carbocycles. The zero-order valence-electron chi connectivity index (χ0n) is 13.8. The van der Waals surface area contributed by atoms with Crippen LogP contribution in [0, 0.1) is 0 Å². The topological polar surface area (TPSA) is 111 Å². The molecule has 0 aliphatic rings. The minimum atomic E-state index is -0.0865. The molecule has 132 valence electrons. The van der Waals surface area contributed by atoms with E-state index in [-0.39, 0.29) is 12.3 Å². The lowest BCUT2D eigenvalue weighted by atomic mass is 10.3. The molecule has 1 amide bonds. The molecule has 0 aliphatic heterocycles. The van der Waals surface area contributed by atoms with Crippen molar-refractivity contribution in [3.05, 3.63) is 54.5 Å². The van der Waals surface area contributed by atoms with Crippen LogP contribution < -0.4 is 5.32 Å². The van der Waals surface area contributed by atoms with Gasteiger partial charge in [-0.15, -0.1) is 10.2 Å². The summed E-state index contributed by atoms with van der Waals surface area (Å²) in [6.07, 6.45) is 4.67. The molecular weight excluding hydrogens is 336 g/mol. The van der Waals surface area contributed by atoms with Crippen molar-refractivity contribution >= 4 is 11.6 Å². The van der Waals surface area contributed by atoms with E-state index in [9.17, 15) is 4.79 Å². The Morgan fingerprint density at radius 1 is 1.15 bits per heavy atom. The Morgan fingerprint density at radius 2 is 2.12 bits per heavy atom. The quantitative estimate of drug-likeness (QED) is 0.538. The number of amides is 1. The molecule has 0 fully saturated rings. The first kappa shape index (κ1) is 16.0. The smallest absolute Gasteiger partial charge is 0.238 e. The molecule has 1 N–H and O–H groups in total. The van der Waals surface area contributed by atoms with Gasteiger partial charge in [0, 0.05) is 32.0 Å². The van der Waals surface area contributed by atoms with Gasteiger partial charge in [0.25, 0.3) is 0 Å². The van der Waals surface area contributed by atoms with E-state index in [2.05, 4.69) is 25.7 Å². The van der Waals surface area contributed by atoms with Crippen molar-refractivity contribution in [2.75, 3.05) is 6.54 Å². The van der Waals surface area contributed by atoms with E-state index in [1.165, 1.54) is 6.26 Å². The predicted molar refractivity (Wildman–Crippen MR) is 90.0 cm³/mol. The molecule has 4 rings (SSSR count). The monoisotopic (exact) mass is 352 g/mol. The SMILES string of the molecule is O=C(CCc1nc(-c2ccco2)no1)NCCc1nnc2ccccn12. The number of carbonyl (C=O) groups excluding carboxylic acids is 1. The molecule has 4 aromatic rings. The van der Waals surface area contributed by atoms with Crippen LogP contribution in [0.5, 0.6) is 0 Å². The second-order valence-corrected chi connectivity index (χ2v) is 5.63. The summed E-state index contributed by atoms with van der Waals surface area (Å²) in [5, 5.41) is 14.9. The van der Waals surface area contributed by atoms with E-state index in [1.54, 1.807) is 12.1 Å². The van der Waals surface area contributed by atoms with Gasteiger partial charge in [0.15, 0.2) is 11.4 Å². The molecule has 4 aromatic heterocycles. The van der Waals surface area contributed by atoms with Gasteiger partial charge in [-0.1, -0.05) is 11.2 Å². The molecule has 0 spiro atoms. The molecule has 4 heterocycles. The zero-order valence-corrected chi connectivity index (χ0v) is 13.8. The molecule has 0 atom stereocenters. The molecule has 26 heavy (non-hydrogen) atoms. The lowest BCUT2D eigenvalue weighted by Gasteiger charge is -2.03. The number of nitrogens with one attached hydrogen (secondary N) is 1. The fourth-order valence-electron chi connectivity index (χ4n) is 2.55. The second kappa shape index (κ2) is 7.18. The summed E-state index contributed by atoms with van der Waals surface area (Å²) < 4.78 is 12.2. The van der Waals surface area contributed by atoms with Crippen molar-refractivity contribution in [3.63, 3.8) is 0 Å². The number of hydrogen-bond donors (Lipinski definition) is 1. The van der Waals surface area contributed by atoms with Crippen LogP contribution in [0.25, 0.3) is 17.2 Å². The number of aryl methyl sites for hydroxylation is 1. The molecule has 0 unspecified atom stereocenters. The number of furan rings is 1. The molecule has 0 aliphatic carbocycles. The van der Waals surface area contributed by atoms with Gasteiger partial charge in [0.1, 0.15) is 5.82 Å². The average molecular weight is 352 g/mol. The molecular formula is C17H16N6O3. The second-order valence-electron chi connectivity index (χ2n) is 5.63. The predicted octanol–water partition coefficient (Wildman–Crippen LogP) is 1.66. The van der Waals surface area contributed by atoms with E-state index in [1.807, 2.05) is 28.8 Å². The Hall–Kier alpha value is -3.49. The average Bonchev–Trinajstić information content (AvgIpc) is 3.40. The summed E-state index contributed by atoms with van der Waals surface area (Å²) in [7, 11) is 0. The summed E-state index contributed by atoms with van der Waals surface area (Å²) in [4.78, 5) is 16.2. The van der Waals surface area contributed by atoms with E-state index in [0.717, 1.165) is 11.5 Å². The molecule has 0 bridgehead atoms. The van der Waals surface area contributed by atoms with Gasteiger partial charge in [-0.2, -0.15) is 4.98 Å². The van der Waals surface area contributed by atoms with E-state index >= 15 is 0 Å². The first-order chi connectivity index (χ1) is 12.8. The zero-order chi connectivity index (χ0) is 17.8. The standard InChI is InChI=1S/C17H16N6O3/c24-15(6-7-16-19-17(22-26-16)12-4-3-11-25-12)18-9-8-14-21-20-13-5-1-2-10-23(13)14/h1-5,10-11H,6-9H2,(H,18,24). The van der Waals surface area contributed by atoms with Gasteiger partial charge >= 0.3 is 0 Å². The van der Waals surface area contributed by atoms with E-state index < -0.39 is 0 Å². The highest BCUT2D eigenvalue weighted by Crippen LogP contribution is 2.16. The molecule has 9 nitrogen and oxygen atoms in total. The van der Waals surface area contributed by atoms with Crippen LogP contribution >= 0.6 is 0 Å². The largest absolute Gasteiger partial charge is 0.461 e. The first-order valence-electron chi connectivity index (χ1n) is 8.21. The lowest BCUT2D eigenvalue weighted by molar-refractivity contribution is -0.121. The summed E-state index contributed by atoms with van der Waals surface area (Å²) in [6, 6.07) is 9.20. The first-order valence-corrected chi connectivity index (χ1v) is 8.21. The number of hydrogen-bond acceptors (Lipinski definition) is 7. The van der Waals surface area contributed by atoms with E-state index in [0.29, 0.717) is 36.9 Å². The highest BCUT2D eigenvalue weighted by atomic mass is 16.5. The maximum Gasteiger partial charge on any atom is 0.238 e. The summed E-state index contributed by atoms with van der Waals surface area (Å²) in [5.41, 5.74) is 0.789. The Morgan fingerprint density at radius 3 is 3.00 bits per heavy atom. The maximum atomic E-state index is 12.0. The number of rotatable bonds is 7. The Balaban J connectivity index is 1.24. The minimum Gasteiger partial charge on any atom is -0.461 e. The molecule has 0 saturated carbocycles. The van der Waals surface area contributed by atoms with Crippen LogP contribution in [-0.2, 0) is 17.6 Å². The number of carbonyl (C=O) groups is 1. The number of nitrogens with zero attached hydrogens (tertiary/aromatic N) is 5. The third-order valence-electron chi connectivity index (χ3n) is 3.83. The fourth-order valence-corrected chi connectivity index (χ4v) is 2.55. The Bertz CT molecular complexity index is 1000. The van der Waals surface area contributed by atoms with Gasteiger partial charge in [-0.3, -0.25) is 9.20 Å². The fraction of sp³-hybridized carbons (Fsp3) is 0.235. The van der Waals surface area contributed by atoms with Crippen molar-refractivity contribution in [1.82, 2.24) is 30.1 Å². The normalized spacial score (nSPS) is 11.1. The number of fused-ring (bicyclic) bond motifs is 1. The van der Waals surface area contributed by atoms with Crippen LogP contribution in [0.2, 0.25) is 0 Å². The highest BCUT2D eigenvalue weighted by Gasteiger charge is 2.12. The van der Waals surface area contributed by atoms with Crippen molar-refractivity contribution in [3.8, 4) is 11.6 Å². The lowest BCUT2D eigenvalue weighted by Crippen LogP contribution is -2.26. The van der Waals surface area contributed by atoms with Gasteiger partial charge in [-0.05, 0) is 24.3 Å². The van der Waals surface area contributed by atoms with Gasteiger partial charge < -0.3 is 14.3 Å². The van der Waals surface area contributed by atoms with Crippen LogP contribution in [0.1, 0.15) is 18.1 Å². The molecule has 0 radical (unpaired) electrons. The van der Waals surface area contributed by atoms with Crippen LogP contribution in [0.4, 0.5) is 0 Å². The van der Waals surface area contributed by atoms with Crippen LogP contribution in [0.3, 0.4) is 0 Å². The summed E-state index contributed by atoms with van der Waals surface area (Å²) >= 11 is 0. The maximum absolute atomic E-state index is 12.0. The molecule has 9 heteroatoms. The number of pyridine rings is 1. The van der Waals surface area contributed by atoms with Crippen LogP contribution in [-0.4, -0.2) is 37.2 Å². The summed E-state index contributed by atoms with van der Waals surface area (Å²) in [6.45, 7) is 0.482. The van der Waals surface area contributed by atoms with Gasteiger partial charge in [0.05, 0.1) is 6.26 Å². The van der Waals surface area contributed by atoms with Crippen molar-refractivity contribution in [2.24, 2.45) is 0 Å². The summed E-state index contributed by atoms with van der Waals surface area (Å²) in [5.74, 6) is 2.03. The molecule has 0 saturated heterocycles. The van der Waals surface area contributed by atoms with Crippen molar-refractivity contribution in [2.45, 2.75) is 19.3 Å². The third-order valence-corrected chi connectivity index (χ3v) is 3.83. The van der Waals surface area contributed by atoms with E-state index in [4.69, 9.17) is 8.94 Å². The minimum absolute atomic E-state index is 0.0865. The van der Waals surface area contributed by atoms with Crippen molar-refractivity contribution in [1.29, 1.82) is 0 Å². The van der Waals surface area contributed by atoms with Gasteiger partial charge in [-0.25, -0.2) is 0 Å². The van der Waals surface area contributed by atoms with Gasteiger partial charge in [0.2, 0.25) is 17.6 Å². The van der Waals surface area contributed by atoms with Crippen LogP contribution in [0.15, 0.2) is 51.7 Å². The number of aromatic nitrogens is 5. The Labute approximate surface area is 148 Å². The third kappa shape index (κ3) is 3.46.